The van der Waals surface area contributed by atoms with Gasteiger partial charge in [-0.15, -0.1) is 0 Å². The number of fused-ring (bicyclic) bond motifs is 4. The lowest BCUT2D eigenvalue weighted by Gasteiger charge is -2.31. The summed E-state index contributed by atoms with van der Waals surface area (Å²) in [4.78, 5) is 18.4. The number of aliphatic hydroxyl groups excluding tert-OH is 2. The van der Waals surface area contributed by atoms with E-state index in [1.165, 1.54) is 0 Å². The van der Waals surface area contributed by atoms with E-state index in [2.05, 4.69) is 131 Å². The first-order chi connectivity index (χ1) is 30.9. The van der Waals surface area contributed by atoms with Crippen LogP contribution in [0.2, 0.25) is 0 Å². The second kappa shape index (κ2) is 16.7. The molecule has 6 aromatic carbocycles. The molecule has 0 aliphatic heterocycles. The van der Waals surface area contributed by atoms with Crippen LogP contribution >= 0.6 is 0 Å². The van der Waals surface area contributed by atoms with Gasteiger partial charge in [0, 0.05) is 74.0 Å². The lowest BCUT2D eigenvalue weighted by atomic mass is 9.74. The predicted molar refractivity (Wildman–Crippen MR) is 253 cm³/mol. The Morgan fingerprint density at radius 2 is 0.683 bits per heavy atom. The number of benzene rings is 6. The van der Waals surface area contributed by atoms with E-state index in [1.807, 2.05) is 48.5 Å². The number of nitrogens with zero attached hydrogens (tertiary/aromatic N) is 4. The summed E-state index contributed by atoms with van der Waals surface area (Å²) in [6.07, 6.45) is 7.22. The Bertz CT molecular complexity index is 2910. The average Bonchev–Trinajstić information content (AvgIpc) is 3.33. The van der Waals surface area contributed by atoms with Crippen LogP contribution < -0.4 is 9.47 Å². The summed E-state index contributed by atoms with van der Waals surface area (Å²) in [6.45, 7) is 4.48. The maximum absolute atomic E-state index is 10.1. The van der Waals surface area contributed by atoms with Crippen LogP contribution in [-0.4, -0.2) is 56.6 Å². The lowest BCUT2D eigenvalue weighted by molar-refractivity contribution is 0.202. The van der Waals surface area contributed by atoms with Crippen LogP contribution in [0.15, 0.2) is 170 Å². The SMILES string of the molecule is CC(C)(c1cc(-c2ccc3ncccc3c2)c(OCCO)c(-c2ccc3ncccc3c2)c1)c1cc(-c2ccc3ncccc3c2)c(OCCO)c(-c2ccc3ncccc3c2)c1. The van der Waals surface area contributed by atoms with Crippen LogP contribution in [0.3, 0.4) is 0 Å². The molecule has 0 amide bonds. The average molecular weight is 825 g/mol. The summed E-state index contributed by atoms with van der Waals surface area (Å²) in [5.41, 5.74) is 12.5. The van der Waals surface area contributed by atoms with Gasteiger partial charge in [-0.05, 0) is 130 Å². The van der Waals surface area contributed by atoms with Crippen LogP contribution in [0.25, 0.3) is 88.1 Å². The van der Waals surface area contributed by atoms with Crippen molar-refractivity contribution in [2.75, 3.05) is 26.4 Å². The van der Waals surface area contributed by atoms with Gasteiger partial charge in [-0.3, -0.25) is 19.9 Å². The fourth-order valence-electron chi connectivity index (χ4n) is 8.58. The normalized spacial score (nSPS) is 11.7. The molecule has 63 heavy (non-hydrogen) atoms. The Morgan fingerprint density at radius 3 is 0.952 bits per heavy atom. The fourth-order valence-corrected chi connectivity index (χ4v) is 8.58. The minimum absolute atomic E-state index is 0.123. The summed E-state index contributed by atoms with van der Waals surface area (Å²) in [5, 5.41) is 24.3. The van der Waals surface area contributed by atoms with Crippen LogP contribution in [-0.2, 0) is 5.41 Å². The van der Waals surface area contributed by atoms with E-state index in [9.17, 15) is 10.2 Å². The highest BCUT2D eigenvalue weighted by Gasteiger charge is 2.30. The predicted octanol–water partition coefficient (Wildman–Crippen LogP) is 11.6. The van der Waals surface area contributed by atoms with Gasteiger partial charge in [0.25, 0.3) is 0 Å². The zero-order valence-corrected chi connectivity index (χ0v) is 35.0. The minimum Gasteiger partial charge on any atom is -0.490 e. The van der Waals surface area contributed by atoms with Crippen LogP contribution in [0.5, 0.6) is 11.5 Å². The molecule has 0 aliphatic rings. The van der Waals surface area contributed by atoms with E-state index in [-0.39, 0.29) is 26.4 Å². The van der Waals surface area contributed by atoms with Crippen molar-refractivity contribution in [3.05, 3.63) is 182 Å². The molecule has 0 bridgehead atoms. The van der Waals surface area contributed by atoms with E-state index >= 15 is 0 Å². The molecule has 0 radical (unpaired) electrons. The Balaban J connectivity index is 1.25. The third-order valence-electron chi connectivity index (χ3n) is 12.0. The molecule has 10 aromatic rings. The molecule has 4 heterocycles. The Kier molecular flexibility index (Phi) is 10.5. The number of rotatable bonds is 12. The molecule has 0 aliphatic carbocycles. The number of aromatic nitrogens is 4. The van der Waals surface area contributed by atoms with Gasteiger partial charge in [0.1, 0.15) is 24.7 Å². The first-order valence-electron chi connectivity index (χ1n) is 21.1. The highest BCUT2D eigenvalue weighted by molar-refractivity contribution is 5.94. The highest BCUT2D eigenvalue weighted by Crippen LogP contribution is 2.49. The number of hydrogen-bond donors (Lipinski definition) is 2. The minimum atomic E-state index is -0.619. The molecular formula is C55H44N4O4. The van der Waals surface area contributed by atoms with Crippen molar-refractivity contribution in [2.45, 2.75) is 19.3 Å². The zero-order valence-electron chi connectivity index (χ0n) is 35.0. The zero-order chi connectivity index (χ0) is 42.9. The highest BCUT2D eigenvalue weighted by atomic mass is 16.5. The molecule has 0 unspecified atom stereocenters. The van der Waals surface area contributed by atoms with E-state index in [1.54, 1.807) is 24.8 Å². The quantitative estimate of drug-likeness (QED) is 0.125. The second-order valence-corrected chi connectivity index (χ2v) is 16.2. The Morgan fingerprint density at radius 1 is 0.397 bits per heavy atom. The monoisotopic (exact) mass is 824 g/mol. The summed E-state index contributed by atoms with van der Waals surface area (Å²) in [5.74, 6) is 1.36. The molecule has 0 atom stereocenters. The number of hydrogen-bond acceptors (Lipinski definition) is 8. The largest absolute Gasteiger partial charge is 0.490 e. The van der Waals surface area contributed by atoms with E-state index in [4.69, 9.17) is 9.47 Å². The van der Waals surface area contributed by atoms with Crippen LogP contribution in [0, 0.1) is 0 Å². The fraction of sp³-hybridized carbons (Fsp3) is 0.127. The molecule has 0 fully saturated rings. The van der Waals surface area contributed by atoms with Gasteiger partial charge in [-0.1, -0.05) is 62.4 Å². The van der Waals surface area contributed by atoms with Gasteiger partial charge in [-0.2, -0.15) is 0 Å². The summed E-state index contributed by atoms with van der Waals surface area (Å²) in [7, 11) is 0. The van der Waals surface area contributed by atoms with E-state index < -0.39 is 5.41 Å². The van der Waals surface area contributed by atoms with Crippen LogP contribution in [0.1, 0.15) is 25.0 Å². The van der Waals surface area contributed by atoms with Crippen molar-refractivity contribution in [3.63, 3.8) is 0 Å². The van der Waals surface area contributed by atoms with Gasteiger partial charge in [-0.25, -0.2) is 0 Å². The molecule has 0 saturated carbocycles. The van der Waals surface area contributed by atoms with Gasteiger partial charge in [0.05, 0.1) is 35.3 Å². The molecule has 0 spiro atoms. The van der Waals surface area contributed by atoms with E-state index in [0.717, 1.165) is 99.2 Å². The first-order valence-corrected chi connectivity index (χ1v) is 21.1. The van der Waals surface area contributed by atoms with Crippen molar-refractivity contribution in [2.24, 2.45) is 0 Å². The molecular weight excluding hydrogens is 781 g/mol. The molecule has 4 aromatic heterocycles. The molecule has 10 rings (SSSR count). The smallest absolute Gasteiger partial charge is 0.135 e. The molecule has 8 heteroatoms. The number of pyridine rings is 4. The Hall–Kier alpha value is -7.52. The number of aliphatic hydroxyl groups is 2. The third-order valence-corrected chi connectivity index (χ3v) is 12.0. The summed E-state index contributed by atoms with van der Waals surface area (Å²) in [6, 6.07) is 50.2. The summed E-state index contributed by atoms with van der Waals surface area (Å²) < 4.78 is 13.1. The van der Waals surface area contributed by atoms with Gasteiger partial charge < -0.3 is 19.7 Å². The molecule has 0 saturated heterocycles. The summed E-state index contributed by atoms with van der Waals surface area (Å²) >= 11 is 0. The topological polar surface area (TPSA) is 110 Å². The molecule has 308 valence electrons. The van der Waals surface area contributed by atoms with Gasteiger partial charge >= 0.3 is 0 Å². The maximum atomic E-state index is 10.1. The van der Waals surface area contributed by atoms with Crippen molar-refractivity contribution in [3.8, 4) is 56.0 Å². The van der Waals surface area contributed by atoms with Crippen molar-refractivity contribution in [1.82, 2.24) is 19.9 Å². The Labute approximate surface area is 365 Å². The second-order valence-electron chi connectivity index (χ2n) is 16.2. The number of ether oxygens (including phenoxy) is 2. The van der Waals surface area contributed by atoms with E-state index in [0.29, 0.717) is 11.5 Å². The molecule has 8 nitrogen and oxygen atoms in total. The maximum Gasteiger partial charge on any atom is 0.135 e. The third kappa shape index (κ3) is 7.60. The molecule has 2 N–H and O–H groups in total. The standard InChI is InChI=1S/C55H44N4O4/c1-55(2,43-31-45(35-11-15-49-39(27-35)7-3-19-56-49)53(62-25-23-60)46(32-43)36-12-16-50-40(28-36)8-4-20-57-50)44-33-47(37-13-17-51-41(29-37)9-5-21-58-51)54(63-26-24-61)48(34-44)38-14-18-52-42(30-38)10-6-22-59-52/h3-22,27-34,60-61H,23-26H2,1-2H3. The van der Waals surface area contributed by atoms with Crippen molar-refractivity contribution in [1.29, 1.82) is 0 Å². The van der Waals surface area contributed by atoms with Crippen molar-refractivity contribution < 1.29 is 19.7 Å². The van der Waals surface area contributed by atoms with Gasteiger partial charge in [0.2, 0.25) is 0 Å². The van der Waals surface area contributed by atoms with Gasteiger partial charge in [0.15, 0.2) is 0 Å². The lowest BCUT2D eigenvalue weighted by Crippen LogP contribution is -2.20. The van der Waals surface area contributed by atoms with Crippen LogP contribution in [0.4, 0.5) is 0 Å². The first kappa shape index (κ1) is 39.6. The van der Waals surface area contributed by atoms with Crippen molar-refractivity contribution >= 4 is 43.6 Å².